The zero-order valence-electron chi connectivity index (χ0n) is 24.8. The third-order valence-electron chi connectivity index (χ3n) is 9.62. The Balaban J connectivity index is 1.45. The van der Waals surface area contributed by atoms with E-state index in [-0.39, 0.29) is 6.42 Å². The van der Waals surface area contributed by atoms with E-state index < -0.39 is 89.7 Å². The second-order valence-electron chi connectivity index (χ2n) is 13.3. The van der Waals surface area contributed by atoms with Gasteiger partial charge in [-0.25, -0.2) is 4.79 Å². The summed E-state index contributed by atoms with van der Waals surface area (Å²) < 4.78 is 22.6. The fourth-order valence-corrected chi connectivity index (χ4v) is 6.95. The maximum Gasteiger partial charge on any atom is 0.331 e. The lowest BCUT2D eigenvalue weighted by atomic mass is 9.58. The van der Waals surface area contributed by atoms with Crippen LogP contribution in [-0.4, -0.2) is 108 Å². The van der Waals surface area contributed by atoms with E-state index in [4.69, 9.17) is 18.9 Å². The van der Waals surface area contributed by atoms with Crippen molar-refractivity contribution in [3.63, 3.8) is 0 Å². The maximum absolute atomic E-state index is 12.9. The van der Waals surface area contributed by atoms with Crippen LogP contribution in [0.25, 0.3) is 0 Å². The van der Waals surface area contributed by atoms with Crippen molar-refractivity contribution < 1.29 is 59.5 Å². The molecule has 0 bridgehead atoms. The highest BCUT2D eigenvalue weighted by Gasteiger charge is 2.58. The first-order valence-corrected chi connectivity index (χ1v) is 14.5. The lowest BCUT2D eigenvalue weighted by molar-refractivity contribution is -0.346. The van der Waals surface area contributed by atoms with Crippen LogP contribution in [0.3, 0.4) is 0 Å². The van der Waals surface area contributed by atoms with Gasteiger partial charge in [0.05, 0.1) is 30.0 Å². The molecule has 3 fully saturated rings. The van der Waals surface area contributed by atoms with Gasteiger partial charge in [-0.05, 0) is 63.2 Å². The molecular weight excluding hydrogens is 552 g/mol. The number of rotatable bonds is 7. The molecule has 12 heteroatoms. The van der Waals surface area contributed by atoms with Gasteiger partial charge in [-0.1, -0.05) is 19.9 Å². The van der Waals surface area contributed by atoms with Gasteiger partial charge < -0.3 is 54.7 Å². The molecule has 42 heavy (non-hydrogen) atoms. The van der Waals surface area contributed by atoms with Crippen molar-refractivity contribution in [2.24, 2.45) is 17.3 Å². The summed E-state index contributed by atoms with van der Waals surface area (Å²) in [4.78, 5) is 12.9. The first-order valence-electron chi connectivity index (χ1n) is 14.5. The Bertz CT molecular complexity index is 1060. The summed E-state index contributed by atoms with van der Waals surface area (Å²) in [5.41, 5.74) is -4.35. The van der Waals surface area contributed by atoms with Crippen LogP contribution in [0, 0.1) is 17.3 Å². The Labute approximate surface area is 245 Å². The smallest absolute Gasteiger partial charge is 0.331 e. The minimum absolute atomic E-state index is 0.0514. The number of carbonyl (C=O) groups excluding carboxylic acids is 1. The molecule has 2 heterocycles. The maximum atomic E-state index is 12.9. The molecule has 7 N–H and O–H groups in total. The topological polar surface area (TPSA) is 196 Å². The number of carbonyl (C=O) groups is 1. The van der Waals surface area contributed by atoms with Gasteiger partial charge >= 0.3 is 5.97 Å². The van der Waals surface area contributed by atoms with Crippen molar-refractivity contribution >= 4 is 5.97 Å². The number of hydrogen-bond donors (Lipinski definition) is 7. The van der Waals surface area contributed by atoms with Crippen molar-refractivity contribution in [2.45, 2.75) is 120 Å². The highest BCUT2D eigenvalue weighted by molar-refractivity contribution is 5.83. The van der Waals surface area contributed by atoms with Crippen molar-refractivity contribution in [2.75, 3.05) is 6.61 Å². The predicted molar refractivity (Wildman–Crippen MR) is 147 cm³/mol. The molecule has 4 rings (SSSR count). The largest absolute Gasteiger partial charge is 0.472 e. The fourth-order valence-electron chi connectivity index (χ4n) is 6.95. The van der Waals surface area contributed by atoms with E-state index in [0.717, 1.165) is 12.8 Å². The van der Waals surface area contributed by atoms with E-state index >= 15 is 0 Å². The standard InChI is InChI=1S/C30H46O12/c1-16(7-11-30(38)27(2,3)9-6-10-29(30,5)37)13-20(32)40-18-14-28(4,36)21-17(18)8-12-39-25(21)42-26-24(35)23(34)22(33)19(15-31)41-26/h7-8,11-13,17-19,21-26,31,33-38H,6,9-10,14-15H2,1-5H3/t17-,18+,19+,21+,22+,23-,24+,25-,26-,28-,29+,30+/m0/s1. The summed E-state index contributed by atoms with van der Waals surface area (Å²) in [5.74, 6) is -1.95. The number of allylic oxidation sites excluding steroid dienone is 2. The summed E-state index contributed by atoms with van der Waals surface area (Å²) in [7, 11) is 0. The Morgan fingerprint density at radius 2 is 1.71 bits per heavy atom. The molecular formula is C30H46O12. The van der Waals surface area contributed by atoms with Crippen LogP contribution >= 0.6 is 0 Å². The molecule has 12 nitrogen and oxygen atoms in total. The molecule has 2 aliphatic heterocycles. The van der Waals surface area contributed by atoms with Crippen molar-refractivity contribution in [3.8, 4) is 0 Å². The number of aliphatic hydroxyl groups is 7. The van der Waals surface area contributed by atoms with Gasteiger partial charge in [0, 0.05) is 18.4 Å². The van der Waals surface area contributed by atoms with Crippen LogP contribution in [0.1, 0.15) is 60.3 Å². The highest BCUT2D eigenvalue weighted by atomic mass is 16.8. The minimum atomic E-state index is -1.65. The zero-order valence-corrected chi connectivity index (χ0v) is 24.8. The average Bonchev–Trinajstić information content (AvgIpc) is 3.16. The van der Waals surface area contributed by atoms with E-state index in [2.05, 4.69) is 0 Å². The van der Waals surface area contributed by atoms with Gasteiger partial charge in [0.1, 0.15) is 36.1 Å². The highest BCUT2D eigenvalue weighted by Crippen LogP contribution is 2.50. The van der Waals surface area contributed by atoms with Crippen LogP contribution in [0.4, 0.5) is 0 Å². The average molecular weight is 599 g/mol. The molecule has 12 atom stereocenters. The second kappa shape index (κ2) is 11.9. The molecule has 2 saturated carbocycles. The SMILES string of the molecule is CC(C=C[C@@]1(O)C(C)(C)CCC[C@@]1(C)O)=CC(=O)O[C@@H]1C[C@](C)(O)[C@H]2[C@H](O[C@@H]3O[C@H](CO)[C@@H](O)[C@H](O)[C@H]3O)OC=C[C@H]21. The fraction of sp³-hybridized carbons (Fsp3) is 0.767. The normalized spacial score (nSPS) is 47.2. The molecule has 0 radical (unpaired) electrons. The van der Waals surface area contributed by atoms with Gasteiger partial charge in [-0.2, -0.15) is 0 Å². The molecule has 0 amide bonds. The molecule has 4 aliphatic rings. The number of aliphatic hydroxyl groups excluding tert-OH is 4. The predicted octanol–water partition coefficient (Wildman–Crippen LogP) is 0.167. The molecule has 0 aromatic rings. The van der Waals surface area contributed by atoms with Crippen LogP contribution in [0.5, 0.6) is 0 Å². The van der Waals surface area contributed by atoms with Crippen LogP contribution in [-0.2, 0) is 23.7 Å². The number of esters is 1. The molecule has 0 aromatic heterocycles. The third kappa shape index (κ3) is 6.06. The Kier molecular flexibility index (Phi) is 9.36. The van der Waals surface area contributed by atoms with Crippen molar-refractivity contribution in [3.05, 3.63) is 36.1 Å². The molecule has 238 valence electrons. The van der Waals surface area contributed by atoms with Crippen LogP contribution in [0.15, 0.2) is 36.1 Å². The molecule has 0 spiro atoms. The Morgan fingerprint density at radius 1 is 1.02 bits per heavy atom. The molecule has 2 aliphatic carbocycles. The number of hydrogen-bond acceptors (Lipinski definition) is 12. The molecule has 0 unspecified atom stereocenters. The molecule has 0 aromatic carbocycles. The quantitative estimate of drug-likeness (QED) is 0.119. The first-order chi connectivity index (χ1) is 19.4. The van der Waals surface area contributed by atoms with Crippen LogP contribution in [0.2, 0.25) is 0 Å². The molecule has 1 saturated heterocycles. The summed E-state index contributed by atoms with van der Waals surface area (Å²) in [6.45, 7) is 8.01. The lowest BCUT2D eigenvalue weighted by Gasteiger charge is -2.53. The third-order valence-corrected chi connectivity index (χ3v) is 9.62. The van der Waals surface area contributed by atoms with Crippen molar-refractivity contribution in [1.29, 1.82) is 0 Å². The zero-order chi connectivity index (χ0) is 31.3. The Morgan fingerprint density at radius 3 is 2.36 bits per heavy atom. The minimum Gasteiger partial charge on any atom is -0.472 e. The van der Waals surface area contributed by atoms with Crippen LogP contribution < -0.4 is 0 Å². The summed E-state index contributed by atoms with van der Waals surface area (Å²) >= 11 is 0. The lowest BCUT2D eigenvalue weighted by Crippen LogP contribution is -2.62. The van der Waals surface area contributed by atoms with Gasteiger partial charge in [0.15, 0.2) is 6.29 Å². The van der Waals surface area contributed by atoms with E-state index in [0.29, 0.717) is 12.0 Å². The van der Waals surface area contributed by atoms with Gasteiger partial charge in [0.25, 0.3) is 0 Å². The van der Waals surface area contributed by atoms with Gasteiger partial charge in [-0.15, -0.1) is 0 Å². The van der Waals surface area contributed by atoms with Gasteiger partial charge in [-0.3, -0.25) is 0 Å². The van der Waals surface area contributed by atoms with E-state index in [1.54, 1.807) is 39.0 Å². The van der Waals surface area contributed by atoms with E-state index in [1.165, 1.54) is 12.3 Å². The summed E-state index contributed by atoms with van der Waals surface area (Å²) in [6, 6.07) is 0. The summed E-state index contributed by atoms with van der Waals surface area (Å²) in [6.07, 6.45) is -0.0186. The number of fused-ring (bicyclic) bond motifs is 1. The van der Waals surface area contributed by atoms with Gasteiger partial charge in [0.2, 0.25) is 6.29 Å². The number of ether oxygens (including phenoxy) is 4. The van der Waals surface area contributed by atoms with E-state index in [1.807, 2.05) is 13.8 Å². The first kappa shape index (κ1) is 33.0. The summed E-state index contributed by atoms with van der Waals surface area (Å²) in [5, 5.41) is 73.7. The second-order valence-corrected chi connectivity index (χ2v) is 13.3. The van der Waals surface area contributed by atoms with E-state index in [9.17, 15) is 40.5 Å². The monoisotopic (exact) mass is 598 g/mol. The Hall–Kier alpha value is -1.87. The van der Waals surface area contributed by atoms with Crippen molar-refractivity contribution in [1.82, 2.24) is 0 Å².